The number of fused-ring (bicyclic) bond motifs is 1. The lowest BCUT2D eigenvalue weighted by atomic mass is 10.1. The van der Waals surface area contributed by atoms with Gasteiger partial charge >= 0.3 is 0 Å². The van der Waals surface area contributed by atoms with Crippen LogP contribution in [0.4, 0.5) is 0 Å². The number of rotatable bonds is 5. The van der Waals surface area contributed by atoms with Crippen molar-refractivity contribution < 1.29 is 9.53 Å². The van der Waals surface area contributed by atoms with Gasteiger partial charge in [-0.1, -0.05) is 12.1 Å². The summed E-state index contributed by atoms with van der Waals surface area (Å²) in [6, 6.07) is 17.8. The quantitative estimate of drug-likeness (QED) is 0.541. The maximum absolute atomic E-state index is 12.1. The van der Waals surface area contributed by atoms with Crippen molar-refractivity contribution in [2.24, 2.45) is 0 Å². The van der Waals surface area contributed by atoms with Crippen LogP contribution in [-0.2, 0) is 0 Å². The molecule has 0 amide bonds. The van der Waals surface area contributed by atoms with Crippen molar-refractivity contribution in [1.82, 2.24) is 20.2 Å². The molecule has 4 aromatic rings. The van der Waals surface area contributed by atoms with Gasteiger partial charge in [-0.15, -0.1) is 5.10 Å². The molecule has 4 rings (SSSR count). The topological polar surface area (TPSA) is 107 Å². The molecule has 0 saturated heterocycles. The number of carbonyl (C=O) groups excluding carboxylic acids is 1. The standard InChI is InChI=1S/C19H13N5O2/c20-10-12-5-7-13(8-6-12)17(25)11-26-18-9-16(23-24-18)19-21-14-3-1-2-4-15(14)22-19/h1-9H,11H2,(H,21,22)(H,23,24). The fraction of sp³-hybridized carbons (Fsp3) is 0.0526. The van der Waals surface area contributed by atoms with E-state index in [0.717, 1.165) is 11.0 Å². The molecule has 0 atom stereocenters. The summed E-state index contributed by atoms with van der Waals surface area (Å²) in [6.45, 7) is -0.143. The molecule has 0 aliphatic rings. The second-order valence-corrected chi connectivity index (χ2v) is 5.62. The number of aromatic amines is 2. The molecule has 0 radical (unpaired) electrons. The lowest BCUT2D eigenvalue weighted by molar-refractivity contribution is 0.0918. The summed E-state index contributed by atoms with van der Waals surface area (Å²) < 4.78 is 5.46. The number of para-hydroxylation sites is 2. The van der Waals surface area contributed by atoms with Crippen molar-refractivity contribution in [3.63, 3.8) is 0 Å². The summed E-state index contributed by atoms with van der Waals surface area (Å²) in [7, 11) is 0. The highest BCUT2D eigenvalue weighted by molar-refractivity contribution is 5.97. The first-order chi connectivity index (χ1) is 12.7. The number of Topliss-reactive ketones (excluding diaryl/α,β-unsaturated/α-hetero) is 1. The van der Waals surface area contributed by atoms with Crippen LogP contribution in [-0.4, -0.2) is 32.6 Å². The van der Waals surface area contributed by atoms with Gasteiger partial charge in [0.05, 0.1) is 22.7 Å². The SMILES string of the molecule is N#Cc1ccc(C(=O)COc2cc(-c3nc4ccccc4[nH]3)[nH]n2)cc1. The van der Waals surface area contributed by atoms with Crippen LogP contribution in [0, 0.1) is 11.3 Å². The summed E-state index contributed by atoms with van der Waals surface area (Å²) in [5.41, 5.74) is 3.44. The van der Waals surface area contributed by atoms with E-state index in [9.17, 15) is 4.79 Å². The Morgan fingerprint density at radius 1 is 1.15 bits per heavy atom. The van der Waals surface area contributed by atoms with E-state index in [4.69, 9.17) is 10.00 Å². The van der Waals surface area contributed by atoms with E-state index in [-0.39, 0.29) is 12.4 Å². The van der Waals surface area contributed by atoms with Crippen LogP contribution in [0.3, 0.4) is 0 Å². The predicted molar refractivity (Wildman–Crippen MR) is 94.7 cm³/mol. The fourth-order valence-electron chi connectivity index (χ4n) is 2.53. The minimum absolute atomic E-state index is 0.143. The number of nitrogens with zero attached hydrogens (tertiary/aromatic N) is 3. The van der Waals surface area contributed by atoms with Crippen molar-refractivity contribution in [3.05, 3.63) is 65.7 Å². The number of imidazole rings is 1. The smallest absolute Gasteiger partial charge is 0.233 e. The Bertz CT molecular complexity index is 1090. The van der Waals surface area contributed by atoms with Crippen molar-refractivity contribution >= 4 is 16.8 Å². The molecule has 2 heterocycles. The third-order valence-corrected chi connectivity index (χ3v) is 3.89. The molecule has 0 saturated carbocycles. The molecule has 7 nitrogen and oxygen atoms in total. The molecule has 0 aliphatic carbocycles. The van der Waals surface area contributed by atoms with Crippen LogP contribution in [0.5, 0.6) is 5.88 Å². The molecule has 0 spiro atoms. The second-order valence-electron chi connectivity index (χ2n) is 5.62. The Balaban J connectivity index is 1.44. The zero-order chi connectivity index (χ0) is 17.9. The largest absolute Gasteiger partial charge is 0.468 e. The van der Waals surface area contributed by atoms with Gasteiger partial charge in [-0.2, -0.15) is 5.26 Å². The number of benzene rings is 2. The maximum atomic E-state index is 12.1. The van der Waals surface area contributed by atoms with Crippen molar-refractivity contribution in [3.8, 4) is 23.5 Å². The molecule has 0 unspecified atom stereocenters. The highest BCUT2D eigenvalue weighted by atomic mass is 16.5. The molecule has 0 bridgehead atoms. The molecule has 0 fully saturated rings. The average Bonchev–Trinajstić information content (AvgIpc) is 3.32. The first-order valence-corrected chi connectivity index (χ1v) is 7.89. The van der Waals surface area contributed by atoms with Crippen LogP contribution >= 0.6 is 0 Å². The van der Waals surface area contributed by atoms with Crippen LogP contribution in [0.1, 0.15) is 15.9 Å². The van der Waals surface area contributed by atoms with Crippen LogP contribution < -0.4 is 4.74 Å². The van der Waals surface area contributed by atoms with Gasteiger partial charge in [0, 0.05) is 11.6 Å². The van der Waals surface area contributed by atoms with Crippen LogP contribution in [0.2, 0.25) is 0 Å². The van der Waals surface area contributed by atoms with E-state index in [1.807, 2.05) is 30.3 Å². The summed E-state index contributed by atoms with van der Waals surface area (Å²) >= 11 is 0. The molecule has 2 aromatic carbocycles. The highest BCUT2D eigenvalue weighted by Crippen LogP contribution is 2.21. The molecule has 0 aliphatic heterocycles. The normalized spacial score (nSPS) is 10.6. The maximum Gasteiger partial charge on any atom is 0.233 e. The van der Waals surface area contributed by atoms with Gasteiger partial charge in [0.1, 0.15) is 5.69 Å². The van der Waals surface area contributed by atoms with Gasteiger partial charge in [0.2, 0.25) is 5.88 Å². The van der Waals surface area contributed by atoms with E-state index in [2.05, 4.69) is 20.2 Å². The van der Waals surface area contributed by atoms with Gasteiger partial charge in [-0.05, 0) is 36.4 Å². The number of hydrogen-bond acceptors (Lipinski definition) is 5. The lowest BCUT2D eigenvalue weighted by Crippen LogP contribution is -2.11. The number of aromatic nitrogens is 4. The van der Waals surface area contributed by atoms with Crippen molar-refractivity contribution in [2.75, 3.05) is 6.61 Å². The van der Waals surface area contributed by atoms with Gasteiger partial charge in [-0.3, -0.25) is 9.89 Å². The van der Waals surface area contributed by atoms with Gasteiger partial charge in [0.25, 0.3) is 0 Å². The van der Waals surface area contributed by atoms with E-state index in [0.29, 0.717) is 28.5 Å². The molecule has 2 N–H and O–H groups in total. The van der Waals surface area contributed by atoms with Crippen molar-refractivity contribution in [2.45, 2.75) is 0 Å². The Morgan fingerprint density at radius 3 is 2.73 bits per heavy atom. The minimum Gasteiger partial charge on any atom is -0.468 e. The van der Waals surface area contributed by atoms with E-state index < -0.39 is 0 Å². The second kappa shape index (κ2) is 6.53. The first kappa shape index (κ1) is 15.6. The minimum atomic E-state index is -0.192. The summed E-state index contributed by atoms with van der Waals surface area (Å²) in [6.07, 6.45) is 0. The number of H-pyrrole nitrogens is 2. The number of carbonyl (C=O) groups is 1. The third kappa shape index (κ3) is 3.03. The average molecular weight is 343 g/mol. The van der Waals surface area contributed by atoms with E-state index in [1.54, 1.807) is 30.3 Å². The van der Waals surface area contributed by atoms with Gasteiger partial charge in [0.15, 0.2) is 18.2 Å². The molecule has 26 heavy (non-hydrogen) atoms. The molecular weight excluding hydrogens is 330 g/mol. The zero-order valence-electron chi connectivity index (χ0n) is 13.6. The monoisotopic (exact) mass is 343 g/mol. The number of hydrogen-bond donors (Lipinski definition) is 2. The predicted octanol–water partition coefficient (Wildman–Crippen LogP) is 3.09. The number of ketones is 1. The molecule has 7 heteroatoms. The Kier molecular flexibility index (Phi) is 3.92. The molecule has 2 aromatic heterocycles. The summed E-state index contributed by atoms with van der Waals surface area (Å²) in [4.78, 5) is 19.8. The van der Waals surface area contributed by atoms with Crippen LogP contribution in [0.25, 0.3) is 22.6 Å². The Labute approximate surface area is 148 Å². The van der Waals surface area contributed by atoms with Crippen molar-refractivity contribution in [1.29, 1.82) is 5.26 Å². The van der Waals surface area contributed by atoms with E-state index in [1.165, 1.54) is 0 Å². The van der Waals surface area contributed by atoms with Crippen LogP contribution in [0.15, 0.2) is 54.6 Å². The molecule has 126 valence electrons. The molecular formula is C19H13N5O2. The third-order valence-electron chi connectivity index (χ3n) is 3.89. The number of nitrogens with one attached hydrogen (secondary N) is 2. The number of nitriles is 1. The lowest BCUT2D eigenvalue weighted by Gasteiger charge is -2.02. The van der Waals surface area contributed by atoms with Gasteiger partial charge in [-0.25, -0.2) is 4.98 Å². The summed E-state index contributed by atoms with van der Waals surface area (Å²) in [5.74, 6) is 0.761. The zero-order valence-corrected chi connectivity index (χ0v) is 13.6. The van der Waals surface area contributed by atoms with Gasteiger partial charge < -0.3 is 9.72 Å². The fourth-order valence-corrected chi connectivity index (χ4v) is 2.53. The highest BCUT2D eigenvalue weighted by Gasteiger charge is 2.11. The Hall–Kier alpha value is -3.92. The first-order valence-electron chi connectivity index (χ1n) is 7.89. The summed E-state index contributed by atoms with van der Waals surface area (Å²) in [5, 5.41) is 15.7. The Morgan fingerprint density at radius 2 is 1.96 bits per heavy atom. The number of ether oxygens (including phenoxy) is 1. The van der Waals surface area contributed by atoms with E-state index >= 15 is 0 Å².